The molecule has 4 aromatic rings. The lowest BCUT2D eigenvalue weighted by Crippen LogP contribution is -2.55. The van der Waals surface area contributed by atoms with Crippen LogP contribution < -0.4 is 21.3 Å². The van der Waals surface area contributed by atoms with Crippen LogP contribution >= 0.6 is 11.8 Å². The van der Waals surface area contributed by atoms with Gasteiger partial charge in [0, 0.05) is 92.6 Å². The summed E-state index contributed by atoms with van der Waals surface area (Å²) in [7, 11) is -5.79. The van der Waals surface area contributed by atoms with Crippen molar-refractivity contribution < 1.29 is 36.0 Å². The summed E-state index contributed by atoms with van der Waals surface area (Å²) < 4.78 is 68.5. The highest BCUT2D eigenvalue weighted by molar-refractivity contribution is 7.99. The maximum absolute atomic E-state index is 14.1. The van der Waals surface area contributed by atoms with Gasteiger partial charge in [0.05, 0.1) is 16.5 Å². The van der Waals surface area contributed by atoms with Crippen molar-refractivity contribution in [3.63, 3.8) is 0 Å². The van der Waals surface area contributed by atoms with Gasteiger partial charge in [-0.05, 0) is 72.0 Å². The molecule has 4 N–H and O–H groups in total. The van der Waals surface area contributed by atoms with Crippen LogP contribution in [-0.4, -0.2) is 106 Å². The fraction of sp³-hybridized carbons (Fsp3) is 0.372. The molecule has 16 heteroatoms. The quantitative estimate of drug-likeness (QED) is 0.0966. The Labute approximate surface area is 346 Å². The number of halogens is 3. The lowest BCUT2D eigenvalue weighted by atomic mass is 9.90. The van der Waals surface area contributed by atoms with Crippen LogP contribution in [0.3, 0.4) is 0 Å². The summed E-state index contributed by atoms with van der Waals surface area (Å²) in [4.78, 5) is 43.1. The highest BCUT2D eigenvalue weighted by atomic mass is 32.2. The van der Waals surface area contributed by atoms with Crippen molar-refractivity contribution in [2.45, 2.75) is 46.5 Å². The minimum atomic E-state index is -5.79. The molecule has 0 aromatic heterocycles. The number of rotatable bonds is 15. The van der Waals surface area contributed by atoms with Gasteiger partial charge < -0.3 is 25.8 Å². The number of sulfone groups is 1. The van der Waals surface area contributed by atoms with Gasteiger partial charge in [-0.2, -0.15) is 13.2 Å². The molecule has 3 aliphatic rings. The number of benzene rings is 4. The number of piperidine rings is 1. The van der Waals surface area contributed by atoms with Gasteiger partial charge in [-0.3, -0.25) is 19.7 Å². The number of hydrogen-bond donors (Lipinski definition) is 3. The summed E-state index contributed by atoms with van der Waals surface area (Å²) in [6.07, 6.45) is 1.43. The first-order valence-corrected chi connectivity index (χ1v) is 22.1. The minimum Gasteiger partial charge on any atom is -0.380 e. The number of nitrogens with zero attached hydrogens (tertiary/aromatic N) is 3. The zero-order valence-corrected chi connectivity index (χ0v) is 34.0. The van der Waals surface area contributed by atoms with Crippen LogP contribution in [0.25, 0.3) is 11.1 Å². The smallest absolute Gasteiger partial charge is 0.380 e. The third-order valence-corrected chi connectivity index (χ3v) is 14.0. The normalized spacial score (nSPS) is 18.9. The van der Waals surface area contributed by atoms with Crippen molar-refractivity contribution in [2.24, 2.45) is 11.7 Å². The van der Waals surface area contributed by atoms with Crippen LogP contribution in [0.1, 0.15) is 41.1 Å². The second-order valence-electron chi connectivity index (χ2n) is 15.3. The molecule has 0 spiro atoms. The topological polar surface area (TPSA) is 145 Å². The second-order valence-corrected chi connectivity index (χ2v) is 18.3. The average molecular weight is 849 g/mol. The third kappa shape index (κ3) is 10.1. The summed E-state index contributed by atoms with van der Waals surface area (Å²) >= 11 is 1.54. The molecule has 7 rings (SSSR count). The molecule has 0 radical (unpaired) electrons. The van der Waals surface area contributed by atoms with E-state index in [1.165, 1.54) is 36.0 Å². The van der Waals surface area contributed by atoms with E-state index in [-0.39, 0.29) is 46.2 Å². The molecule has 3 heterocycles. The van der Waals surface area contributed by atoms with Crippen LogP contribution in [0.5, 0.6) is 0 Å². The van der Waals surface area contributed by atoms with Gasteiger partial charge in [0.25, 0.3) is 9.84 Å². The molecule has 3 aliphatic heterocycles. The lowest BCUT2D eigenvalue weighted by molar-refractivity contribution is -0.134. The van der Waals surface area contributed by atoms with Gasteiger partial charge in [0.1, 0.15) is 0 Å². The fourth-order valence-electron chi connectivity index (χ4n) is 7.96. The molecule has 0 bridgehead atoms. The Kier molecular flexibility index (Phi) is 13.0. The molecule has 4 aromatic carbocycles. The molecular weight excluding hydrogens is 802 g/mol. The van der Waals surface area contributed by atoms with E-state index < -0.39 is 26.1 Å². The zero-order valence-electron chi connectivity index (χ0n) is 32.4. The van der Waals surface area contributed by atoms with Crippen LogP contribution in [0.15, 0.2) is 107 Å². The summed E-state index contributed by atoms with van der Waals surface area (Å²) in [6.45, 7) is 6.96. The fourth-order valence-corrected chi connectivity index (χ4v) is 9.90. The van der Waals surface area contributed by atoms with Crippen molar-refractivity contribution in [2.75, 3.05) is 68.3 Å². The molecule has 3 fully saturated rings. The molecular formula is C43H47F3N6O5S2. The molecule has 2 atom stereocenters. The van der Waals surface area contributed by atoms with Crippen molar-refractivity contribution in [3.8, 4) is 11.1 Å². The van der Waals surface area contributed by atoms with Crippen LogP contribution in [-0.2, 0) is 19.4 Å². The highest BCUT2D eigenvalue weighted by Crippen LogP contribution is 2.38. The van der Waals surface area contributed by atoms with Gasteiger partial charge in [0.2, 0.25) is 17.7 Å². The molecule has 3 amide bonds. The Morgan fingerprint density at radius 1 is 0.898 bits per heavy atom. The molecule has 1 unspecified atom stereocenters. The maximum Gasteiger partial charge on any atom is 0.501 e. The van der Waals surface area contributed by atoms with Crippen LogP contribution in [0.2, 0.25) is 0 Å². The Morgan fingerprint density at radius 2 is 1.58 bits per heavy atom. The molecule has 11 nitrogen and oxygen atoms in total. The summed E-state index contributed by atoms with van der Waals surface area (Å²) in [5.41, 5.74) is 2.26. The van der Waals surface area contributed by atoms with Crippen LogP contribution in [0.4, 0.5) is 24.5 Å². The first kappa shape index (κ1) is 42.2. The number of amides is 3. The molecule has 312 valence electrons. The van der Waals surface area contributed by atoms with E-state index in [4.69, 9.17) is 5.73 Å². The molecule has 3 saturated heterocycles. The first-order chi connectivity index (χ1) is 28.2. The van der Waals surface area contributed by atoms with Gasteiger partial charge in [-0.1, -0.05) is 54.6 Å². The molecule has 0 saturated carbocycles. The number of primary amides is 1. The van der Waals surface area contributed by atoms with Gasteiger partial charge in [-0.15, -0.1) is 11.8 Å². The number of alkyl halides is 3. The van der Waals surface area contributed by atoms with E-state index >= 15 is 0 Å². The van der Waals surface area contributed by atoms with Gasteiger partial charge >= 0.3 is 5.51 Å². The van der Waals surface area contributed by atoms with E-state index in [1.54, 1.807) is 12.1 Å². The maximum atomic E-state index is 14.1. The number of thioether (sulfide) groups is 1. The first-order valence-electron chi connectivity index (χ1n) is 19.7. The Morgan fingerprint density at radius 3 is 2.25 bits per heavy atom. The van der Waals surface area contributed by atoms with E-state index in [2.05, 4.69) is 25.3 Å². The molecule has 0 aliphatic carbocycles. The lowest BCUT2D eigenvalue weighted by Gasteiger charge is -2.45. The minimum absolute atomic E-state index is 0.0612. The Balaban J connectivity index is 0.964. The van der Waals surface area contributed by atoms with Crippen molar-refractivity contribution in [3.05, 3.63) is 108 Å². The largest absolute Gasteiger partial charge is 0.501 e. The number of carbonyl (C=O) groups excluding carboxylic acids is 3. The summed E-state index contributed by atoms with van der Waals surface area (Å²) in [5, 5.41) is 5.61. The SMILES string of the molecule is NC(=O)c1ccccc1-c1ccc(N[C@H](CCN2CCN(CC3CN(c4ccc(C5CCC(=O)NC5=O)cc4)C3)CC2)CSc2ccccc2)c(S(=O)(=O)C(F)(F)F)c1. The third-order valence-electron chi connectivity index (χ3n) is 11.3. The number of nitrogens with one attached hydrogen (secondary N) is 2. The monoisotopic (exact) mass is 848 g/mol. The van der Waals surface area contributed by atoms with Crippen molar-refractivity contribution in [1.29, 1.82) is 0 Å². The predicted molar refractivity (Wildman–Crippen MR) is 223 cm³/mol. The van der Waals surface area contributed by atoms with Gasteiger partial charge in [-0.25, -0.2) is 8.42 Å². The predicted octanol–water partition coefficient (Wildman–Crippen LogP) is 5.98. The Bertz CT molecular complexity index is 2250. The zero-order chi connectivity index (χ0) is 41.7. The number of hydrogen-bond acceptors (Lipinski definition) is 10. The van der Waals surface area contributed by atoms with E-state index in [1.807, 2.05) is 54.6 Å². The summed E-state index contributed by atoms with van der Waals surface area (Å²) in [5.74, 6) is -0.543. The summed E-state index contributed by atoms with van der Waals surface area (Å²) in [6, 6.07) is 27.2. The Hall–Kier alpha value is -4.90. The number of anilines is 2. The second kappa shape index (κ2) is 18.2. The van der Waals surface area contributed by atoms with Crippen LogP contribution in [0, 0.1) is 5.92 Å². The van der Waals surface area contributed by atoms with Crippen molar-refractivity contribution in [1.82, 2.24) is 15.1 Å². The number of piperazine rings is 1. The van der Waals surface area contributed by atoms with E-state index in [0.29, 0.717) is 37.5 Å². The average Bonchev–Trinajstić information content (AvgIpc) is 3.20. The van der Waals surface area contributed by atoms with Crippen molar-refractivity contribution >= 4 is 50.7 Å². The van der Waals surface area contributed by atoms with E-state index in [0.717, 1.165) is 68.0 Å². The number of nitrogens with two attached hydrogens (primary N) is 1. The van der Waals surface area contributed by atoms with Gasteiger partial charge in [0.15, 0.2) is 0 Å². The number of carbonyl (C=O) groups is 3. The van der Waals surface area contributed by atoms with E-state index in [9.17, 15) is 36.0 Å². The number of imide groups is 1. The standard InChI is InChI=1S/C43H47F3N6O5S2/c44-43(45,46)59(56,57)39-24-31(35-8-4-5-9-37(35)41(47)54)12-16-38(39)48-32(28-58-34-6-2-1-3-7-34)18-19-50-20-22-51(23-21-50)25-29-26-52(27-29)33-13-10-30(11-14-33)36-15-17-40(53)49-42(36)55/h1-14,16,24,29,32,36,48H,15,17-23,25-28H2,(H2,47,54)(H,49,53,55)/t32-,36?/m1/s1. The molecule has 59 heavy (non-hydrogen) atoms. The highest BCUT2D eigenvalue weighted by Gasteiger charge is 2.48.